The minimum Gasteiger partial charge on any atom is -0.484 e. The molecule has 0 radical (unpaired) electrons. The van der Waals surface area contributed by atoms with Crippen LogP contribution in [0.2, 0.25) is 0 Å². The number of hydrogen-bond acceptors (Lipinski definition) is 3. The van der Waals surface area contributed by atoms with Crippen LogP contribution in [0.15, 0.2) is 24.3 Å². The van der Waals surface area contributed by atoms with E-state index >= 15 is 0 Å². The van der Waals surface area contributed by atoms with Gasteiger partial charge in [-0.25, -0.2) is 0 Å². The van der Waals surface area contributed by atoms with Crippen molar-refractivity contribution in [3.63, 3.8) is 0 Å². The first kappa shape index (κ1) is 11.0. The summed E-state index contributed by atoms with van der Waals surface area (Å²) in [5, 5.41) is 0. The summed E-state index contributed by atoms with van der Waals surface area (Å²) in [5.41, 5.74) is 6.53. The Balaban J connectivity index is 1.86. The highest BCUT2D eigenvalue weighted by molar-refractivity contribution is 5.78. The second-order valence-electron chi connectivity index (χ2n) is 3.87. The third-order valence-electron chi connectivity index (χ3n) is 2.71. The fourth-order valence-corrected chi connectivity index (χ4v) is 1.56. The van der Waals surface area contributed by atoms with Crippen LogP contribution in [0.3, 0.4) is 0 Å². The molecule has 0 aliphatic carbocycles. The van der Waals surface area contributed by atoms with Crippen LogP contribution >= 0.6 is 0 Å². The molecule has 4 heteroatoms. The molecule has 1 aromatic rings. The van der Waals surface area contributed by atoms with Gasteiger partial charge in [-0.1, -0.05) is 12.1 Å². The number of rotatable bonds is 4. The van der Waals surface area contributed by atoms with Crippen LogP contribution in [0, 0.1) is 0 Å². The van der Waals surface area contributed by atoms with Crippen molar-refractivity contribution in [2.45, 2.75) is 13.0 Å². The van der Waals surface area contributed by atoms with Gasteiger partial charge in [0, 0.05) is 19.6 Å². The summed E-state index contributed by atoms with van der Waals surface area (Å²) in [4.78, 5) is 13.3. The fraction of sp³-hybridized carbons (Fsp3) is 0.417. The summed E-state index contributed by atoms with van der Waals surface area (Å²) in [6.45, 7) is 2.33. The SMILES string of the molecule is NCc1cccc(OCC(=O)N2CCC2)c1. The van der Waals surface area contributed by atoms with Crippen LogP contribution < -0.4 is 10.5 Å². The molecule has 2 N–H and O–H groups in total. The number of ether oxygens (including phenoxy) is 1. The van der Waals surface area contributed by atoms with Gasteiger partial charge < -0.3 is 15.4 Å². The molecule has 0 spiro atoms. The lowest BCUT2D eigenvalue weighted by Crippen LogP contribution is -2.44. The van der Waals surface area contributed by atoms with E-state index in [1.807, 2.05) is 24.3 Å². The van der Waals surface area contributed by atoms with E-state index < -0.39 is 0 Å². The average molecular weight is 220 g/mol. The predicted molar refractivity (Wildman–Crippen MR) is 61.0 cm³/mol. The van der Waals surface area contributed by atoms with Crippen LogP contribution in [-0.2, 0) is 11.3 Å². The van der Waals surface area contributed by atoms with Crippen LogP contribution in [0.1, 0.15) is 12.0 Å². The lowest BCUT2D eigenvalue weighted by atomic mass is 10.2. The maximum Gasteiger partial charge on any atom is 0.260 e. The molecule has 1 saturated heterocycles. The van der Waals surface area contributed by atoms with Crippen molar-refractivity contribution in [2.75, 3.05) is 19.7 Å². The average Bonchev–Trinajstić information content (AvgIpc) is 2.24. The summed E-state index contributed by atoms with van der Waals surface area (Å²) in [6, 6.07) is 7.52. The van der Waals surface area contributed by atoms with E-state index in [1.54, 1.807) is 4.90 Å². The smallest absolute Gasteiger partial charge is 0.260 e. The first-order valence-electron chi connectivity index (χ1n) is 5.49. The Labute approximate surface area is 95.0 Å². The molecule has 1 heterocycles. The molecule has 0 bridgehead atoms. The van der Waals surface area contributed by atoms with E-state index in [0.717, 1.165) is 25.1 Å². The summed E-state index contributed by atoms with van der Waals surface area (Å²) in [7, 11) is 0. The lowest BCUT2D eigenvalue weighted by molar-refractivity contribution is -0.136. The molecule has 1 amide bonds. The van der Waals surface area contributed by atoms with Crippen molar-refractivity contribution in [1.82, 2.24) is 4.90 Å². The molecule has 0 atom stereocenters. The normalized spacial score (nSPS) is 14.4. The third kappa shape index (κ3) is 2.52. The number of likely N-dealkylation sites (tertiary alicyclic amines) is 1. The van der Waals surface area contributed by atoms with Gasteiger partial charge in [-0.05, 0) is 24.1 Å². The molecule has 1 aliphatic rings. The maximum absolute atomic E-state index is 11.5. The van der Waals surface area contributed by atoms with Crippen molar-refractivity contribution in [1.29, 1.82) is 0 Å². The van der Waals surface area contributed by atoms with E-state index in [1.165, 1.54) is 0 Å². The molecule has 1 aliphatic heterocycles. The number of nitrogens with two attached hydrogens (primary N) is 1. The van der Waals surface area contributed by atoms with Crippen molar-refractivity contribution in [3.05, 3.63) is 29.8 Å². The second kappa shape index (κ2) is 4.99. The molecule has 1 fully saturated rings. The molecule has 0 unspecified atom stereocenters. The van der Waals surface area contributed by atoms with Gasteiger partial charge in [0.15, 0.2) is 6.61 Å². The predicted octanol–water partition coefficient (Wildman–Crippen LogP) is 0.756. The summed E-state index contributed by atoms with van der Waals surface area (Å²) < 4.78 is 5.42. The molecule has 1 aromatic carbocycles. The minimum atomic E-state index is 0.0596. The Morgan fingerprint density at radius 3 is 2.88 bits per heavy atom. The molecule has 4 nitrogen and oxygen atoms in total. The molecular weight excluding hydrogens is 204 g/mol. The Bertz CT molecular complexity index is 375. The van der Waals surface area contributed by atoms with Crippen LogP contribution in [-0.4, -0.2) is 30.5 Å². The fourth-order valence-electron chi connectivity index (χ4n) is 1.56. The number of benzene rings is 1. The monoisotopic (exact) mass is 220 g/mol. The Kier molecular flexibility index (Phi) is 3.41. The van der Waals surface area contributed by atoms with Gasteiger partial charge >= 0.3 is 0 Å². The van der Waals surface area contributed by atoms with Crippen molar-refractivity contribution in [3.8, 4) is 5.75 Å². The molecule has 86 valence electrons. The minimum absolute atomic E-state index is 0.0596. The van der Waals surface area contributed by atoms with Gasteiger partial charge in [-0.15, -0.1) is 0 Å². The van der Waals surface area contributed by atoms with E-state index in [0.29, 0.717) is 12.3 Å². The van der Waals surface area contributed by atoms with Crippen molar-refractivity contribution in [2.24, 2.45) is 5.73 Å². The lowest BCUT2D eigenvalue weighted by Gasteiger charge is -2.30. The number of carbonyl (C=O) groups excluding carboxylic acids is 1. The molecular formula is C12H16N2O2. The molecule has 0 saturated carbocycles. The highest BCUT2D eigenvalue weighted by Crippen LogP contribution is 2.13. The summed E-state index contributed by atoms with van der Waals surface area (Å²) in [6.07, 6.45) is 1.11. The second-order valence-corrected chi connectivity index (χ2v) is 3.87. The quantitative estimate of drug-likeness (QED) is 0.815. The van der Waals surface area contributed by atoms with Gasteiger partial charge in [-0.2, -0.15) is 0 Å². The Hall–Kier alpha value is -1.55. The molecule has 2 rings (SSSR count). The van der Waals surface area contributed by atoms with Crippen molar-refractivity contribution < 1.29 is 9.53 Å². The largest absolute Gasteiger partial charge is 0.484 e. The Morgan fingerprint density at radius 2 is 2.25 bits per heavy atom. The zero-order valence-electron chi connectivity index (χ0n) is 9.19. The summed E-state index contributed by atoms with van der Waals surface area (Å²) in [5.74, 6) is 0.765. The van der Waals surface area contributed by atoms with E-state index in [-0.39, 0.29) is 12.5 Å². The van der Waals surface area contributed by atoms with E-state index in [4.69, 9.17) is 10.5 Å². The van der Waals surface area contributed by atoms with Crippen LogP contribution in [0.4, 0.5) is 0 Å². The Morgan fingerprint density at radius 1 is 1.44 bits per heavy atom. The van der Waals surface area contributed by atoms with Crippen LogP contribution in [0.5, 0.6) is 5.75 Å². The zero-order chi connectivity index (χ0) is 11.4. The standard InChI is InChI=1S/C12H16N2O2/c13-8-10-3-1-4-11(7-10)16-9-12(15)14-5-2-6-14/h1,3-4,7H,2,5-6,8-9,13H2. The van der Waals surface area contributed by atoms with Gasteiger partial charge in [0.25, 0.3) is 5.91 Å². The molecule has 0 aromatic heterocycles. The van der Waals surface area contributed by atoms with Gasteiger partial charge in [0.2, 0.25) is 0 Å². The topological polar surface area (TPSA) is 55.6 Å². The number of hydrogen-bond donors (Lipinski definition) is 1. The highest BCUT2D eigenvalue weighted by Gasteiger charge is 2.20. The first-order chi connectivity index (χ1) is 7.79. The zero-order valence-corrected chi connectivity index (χ0v) is 9.19. The number of carbonyl (C=O) groups is 1. The number of nitrogens with zero attached hydrogens (tertiary/aromatic N) is 1. The number of amides is 1. The van der Waals surface area contributed by atoms with Gasteiger partial charge in [0.1, 0.15) is 5.75 Å². The highest BCUT2D eigenvalue weighted by atomic mass is 16.5. The van der Waals surface area contributed by atoms with Crippen LogP contribution in [0.25, 0.3) is 0 Å². The summed E-state index contributed by atoms with van der Waals surface area (Å²) >= 11 is 0. The van der Waals surface area contributed by atoms with E-state index in [2.05, 4.69) is 0 Å². The first-order valence-corrected chi connectivity index (χ1v) is 5.49. The van der Waals surface area contributed by atoms with Crippen molar-refractivity contribution >= 4 is 5.91 Å². The van der Waals surface area contributed by atoms with E-state index in [9.17, 15) is 4.79 Å². The van der Waals surface area contributed by atoms with Gasteiger partial charge in [-0.3, -0.25) is 4.79 Å². The maximum atomic E-state index is 11.5. The molecule has 16 heavy (non-hydrogen) atoms. The van der Waals surface area contributed by atoms with Gasteiger partial charge in [0.05, 0.1) is 0 Å². The third-order valence-corrected chi connectivity index (χ3v) is 2.71.